The van der Waals surface area contributed by atoms with Crippen molar-refractivity contribution in [3.8, 4) is 0 Å². The molecule has 0 bridgehead atoms. The molecule has 0 atom stereocenters. The number of aromatic carboxylic acids is 1. The second kappa shape index (κ2) is 7.35. The Labute approximate surface area is 164 Å². The van der Waals surface area contributed by atoms with Crippen molar-refractivity contribution in [1.29, 1.82) is 0 Å². The van der Waals surface area contributed by atoms with Gasteiger partial charge in [-0.05, 0) is 68.3 Å². The Hall–Kier alpha value is -2.58. The van der Waals surface area contributed by atoms with E-state index in [1.165, 1.54) is 0 Å². The highest BCUT2D eigenvalue weighted by molar-refractivity contribution is 9.11. The third-order valence-corrected chi connectivity index (χ3v) is 5.00. The summed E-state index contributed by atoms with van der Waals surface area (Å²) in [4.78, 5) is 27.7. The van der Waals surface area contributed by atoms with Gasteiger partial charge in [-0.3, -0.25) is 4.79 Å². The summed E-state index contributed by atoms with van der Waals surface area (Å²) in [7, 11) is 0. The molecule has 4 aromatic rings. The van der Waals surface area contributed by atoms with Crippen molar-refractivity contribution in [2.24, 2.45) is 5.73 Å². The van der Waals surface area contributed by atoms with Gasteiger partial charge in [0, 0.05) is 37.7 Å². The minimum absolute atomic E-state index is 0.291. The zero-order valence-electron chi connectivity index (χ0n) is 13.2. The van der Waals surface area contributed by atoms with Crippen molar-refractivity contribution >= 4 is 65.5 Å². The van der Waals surface area contributed by atoms with Gasteiger partial charge >= 0.3 is 5.97 Å². The van der Waals surface area contributed by atoms with Crippen LogP contribution in [-0.4, -0.2) is 27.0 Å². The van der Waals surface area contributed by atoms with Crippen molar-refractivity contribution in [3.05, 3.63) is 68.9 Å². The maximum absolute atomic E-state index is 10.9. The smallest absolute Gasteiger partial charge is 0.335 e. The number of carboxylic acid groups (broad SMARTS) is 1. The van der Waals surface area contributed by atoms with E-state index in [0.29, 0.717) is 11.1 Å². The van der Waals surface area contributed by atoms with Crippen LogP contribution in [0.5, 0.6) is 0 Å². The predicted octanol–water partition coefficient (Wildman–Crippen LogP) is 4.66. The molecule has 0 aliphatic carbocycles. The summed E-state index contributed by atoms with van der Waals surface area (Å²) in [6, 6.07) is 10.4. The number of aromatic amines is 2. The number of amides is 1. The zero-order valence-corrected chi connectivity index (χ0v) is 16.4. The Morgan fingerprint density at radius 1 is 0.846 bits per heavy atom. The van der Waals surface area contributed by atoms with E-state index in [1.54, 1.807) is 30.5 Å². The molecule has 6 nitrogen and oxygen atoms in total. The molecule has 2 aromatic heterocycles. The van der Waals surface area contributed by atoms with E-state index in [2.05, 4.69) is 41.8 Å². The van der Waals surface area contributed by atoms with E-state index in [-0.39, 0.29) is 0 Å². The lowest BCUT2D eigenvalue weighted by atomic mass is 10.1. The lowest BCUT2D eigenvalue weighted by Gasteiger charge is -1.98. The van der Waals surface area contributed by atoms with E-state index in [1.807, 2.05) is 18.3 Å². The van der Waals surface area contributed by atoms with E-state index < -0.39 is 11.9 Å². The number of nitrogens with one attached hydrogen (secondary N) is 2. The lowest BCUT2D eigenvalue weighted by molar-refractivity contribution is 0.0696. The second-order valence-electron chi connectivity index (χ2n) is 5.47. The monoisotopic (exact) mass is 477 g/mol. The first-order valence-corrected chi connectivity index (χ1v) is 9.02. The quantitative estimate of drug-likeness (QED) is 0.336. The third kappa shape index (κ3) is 3.66. The molecule has 4 rings (SSSR count). The van der Waals surface area contributed by atoms with Crippen LogP contribution >= 0.6 is 31.9 Å². The van der Waals surface area contributed by atoms with Crippen LogP contribution in [0.3, 0.4) is 0 Å². The maximum atomic E-state index is 10.9. The molecule has 0 fully saturated rings. The predicted molar refractivity (Wildman–Crippen MR) is 107 cm³/mol. The molecule has 0 spiro atoms. The molecule has 8 heteroatoms. The van der Waals surface area contributed by atoms with Gasteiger partial charge in [0.2, 0.25) is 5.91 Å². The number of nitrogens with two attached hydrogens (primary N) is 1. The van der Waals surface area contributed by atoms with Gasteiger partial charge in [0.15, 0.2) is 0 Å². The molecule has 0 aliphatic rings. The summed E-state index contributed by atoms with van der Waals surface area (Å²) in [5.74, 6) is -1.33. The molecule has 2 heterocycles. The Bertz CT molecular complexity index is 1040. The summed E-state index contributed by atoms with van der Waals surface area (Å²) in [6.07, 6.45) is 3.60. The molecule has 0 saturated carbocycles. The van der Waals surface area contributed by atoms with Gasteiger partial charge in [-0.15, -0.1) is 0 Å². The summed E-state index contributed by atoms with van der Waals surface area (Å²) in [5, 5.41) is 10.6. The van der Waals surface area contributed by atoms with Crippen molar-refractivity contribution in [2.45, 2.75) is 0 Å². The summed E-state index contributed by atoms with van der Waals surface area (Å²) >= 11 is 6.66. The third-order valence-electron chi connectivity index (χ3n) is 3.75. The summed E-state index contributed by atoms with van der Waals surface area (Å²) in [5.41, 5.74) is 7.87. The van der Waals surface area contributed by atoms with Crippen LogP contribution in [0.2, 0.25) is 0 Å². The molecule has 26 heavy (non-hydrogen) atoms. The van der Waals surface area contributed by atoms with E-state index in [9.17, 15) is 9.59 Å². The van der Waals surface area contributed by atoms with Crippen molar-refractivity contribution < 1.29 is 14.7 Å². The first-order chi connectivity index (χ1) is 12.4. The Kier molecular flexibility index (Phi) is 5.15. The fourth-order valence-electron chi connectivity index (χ4n) is 2.52. The maximum Gasteiger partial charge on any atom is 0.335 e. The van der Waals surface area contributed by atoms with Crippen molar-refractivity contribution in [1.82, 2.24) is 9.97 Å². The summed E-state index contributed by atoms with van der Waals surface area (Å²) < 4.78 is 1.62. The number of hydrogen-bond acceptors (Lipinski definition) is 2. The minimum atomic E-state index is -0.913. The molecule has 1 amide bonds. The number of benzene rings is 2. The van der Waals surface area contributed by atoms with Crippen LogP contribution in [-0.2, 0) is 0 Å². The fourth-order valence-corrected chi connectivity index (χ4v) is 3.70. The topological polar surface area (TPSA) is 112 Å². The Morgan fingerprint density at radius 3 is 1.77 bits per heavy atom. The van der Waals surface area contributed by atoms with Gasteiger partial charge in [-0.25, -0.2) is 4.79 Å². The van der Waals surface area contributed by atoms with E-state index in [0.717, 1.165) is 30.8 Å². The fraction of sp³-hybridized carbons (Fsp3) is 0. The normalized spacial score (nSPS) is 10.5. The molecule has 0 saturated heterocycles. The molecular weight excluding hydrogens is 466 g/mol. The Morgan fingerprint density at radius 2 is 1.31 bits per heavy atom. The van der Waals surface area contributed by atoms with Crippen LogP contribution in [0.25, 0.3) is 21.8 Å². The number of rotatable bonds is 2. The van der Waals surface area contributed by atoms with Crippen LogP contribution in [0.4, 0.5) is 0 Å². The van der Waals surface area contributed by atoms with Crippen molar-refractivity contribution in [2.75, 3.05) is 0 Å². The molecule has 0 aliphatic heterocycles. The van der Waals surface area contributed by atoms with Gasteiger partial charge in [0.1, 0.15) is 0 Å². The number of primary amides is 1. The molecule has 0 radical (unpaired) electrons. The Balaban J connectivity index is 0.000000151. The molecule has 2 aromatic carbocycles. The first-order valence-electron chi connectivity index (χ1n) is 7.43. The van der Waals surface area contributed by atoms with E-state index >= 15 is 0 Å². The average Bonchev–Trinajstić information content (AvgIpc) is 3.24. The van der Waals surface area contributed by atoms with Gasteiger partial charge in [-0.1, -0.05) is 0 Å². The number of carbonyl (C=O) groups is 2. The molecular formula is C18H13Br2N3O3. The molecule has 0 unspecified atom stereocenters. The number of fused-ring (bicyclic) bond motifs is 2. The minimum Gasteiger partial charge on any atom is -0.478 e. The zero-order chi connectivity index (χ0) is 18.8. The SMILES string of the molecule is NC(=O)c1cc(Br)c2[nH]ccc2c1.O=C(O)c1cc(Br)c2[nH]ccc2c1. The number of aromatic nitrogens is 2. The number of carbonyl (C=O) groups excluding carboxylic acids is 1. The molecule has 5 N–H and O–H groups in total. The highest BCUT2D eigenvalue weighted by atomic mass is 79.9. The van der Waals surface area contributed by atoms with Crippen LogP contribution in [0.1, 0.15) is 20.7 Å². The standard InChI is InChI=1S/C9H7BrN2O.C9H6BrNO2/c10-7-4-6(9(11)13)3-5-1-2-12-8(5)7;10-7-4-6(9(12)13)3-5-1-2-11-8(5)7/h1-4,12H,(H2,11,13);1-4,11H,(H,12,13). The van der Waals surface area contributed by atoms with Gasteiger partial charge in [0.25, 0.3) is 0 Å². The lowest BCUT2D eigenvalue weighted by Crippen LogP contribution is -2.10. The highest BCUT2D eigenvalue weighted by Gasteiger charge is 2.07. The van der Waals surface area contributed by atoms with Crippen molar-refractivity contribution in [3.63, 3.8) is 0 Å². The van der Waals surface area contributed by atoms with E-state index in [4.69, 9.17) is 10.8 Å². The van der Waals surface area contributed by atoms with Gasteiger partial charge in [-0.2, -0.15) is 0 Å². The van der Waals surface area contributed by atoms with Crippen LogP contribution in [0.15, 0.2) is 57.7 Å². The van der Waals surface area contributed by atoms with Crippen LogP contribution < -0.4 is 5.73 Å². The highest BCUT2D eigenvalue weighted by Crippen LogP contribution is 2.25. The second-order valence-corrected chi connectivity index (χ2v) is 7.18. The van der Waals surface area contributed by atoms with Gasteiger partial charge < -0.3 is 20.8 Å². The number of carboxylic acids is 1. The van der Waals surface area contributed by atoms with Crippen LogP contribution in [0, 0.1) is 0 Å². The molecule has 132 valence electrons. The van der Waals surface area contributed by atoms with Gasteiger partial charge in [0.05, 0.1) is 16.6 Å². The number of hydrogen-bond donors (Lipinski definition) is 4. The number of H-pyrrole nitrogens is 2. The summed E-state index contributed by atoms with van der Waals surface area (Å²) in [6.45, 7) is 0. The largest absolute Gasteiger partial charge is 0.478 e. The average molecular weight is 479 g/mol. The first kappa shape index (κ1) is 18.2. The number of halogens is 2.